The zero-order valence-corrected chi connectivity index (χ0v) is 11.3. The molecule has 1 amide bonds. The summed E-state index contributed by atoms with van der Waals surface area (Å²) in [7, 11) is 0. The molecule has 1 saturated carbocycles. The number of hydrogen-bond acceptors (Lipinski definition) is 3. The first-order valence-electron chi connectivity index (χ1n) is 6.56. The quantitative estimate of drug-likeness (QED) is 0.743. The lowest BCUT2D eigenvalue weighted by Crippen LogP contribution is -2.46. The second kappa shape index (κ2) is 5.83. The summed E-state index contributed by atoms with van der Waals surface area (Å²) in [5.41, 5.74) is 5.60. The van der Waals surface area contributed by atoms with Gasteiger partial charge in [-0.2, -0.15) is 0 Å². The van der Waals surface area contributed by atoms with Crippen LogP contribution in [-0.4, -0.2) is 30.2 Å². The van der Waals surface area contributed by atoms with Crippen LogP contribution >= 0.6 is 0 Å². The summed E-state index contributed by atoms with van der Waals surface area (Å²) < 4.78 is 5.53. The van der Waals surface area contributed by atoms with Crippen molar-refractivity contribution in [3.05, 3.63) is 0 Å². The molecule has 1 aliphatic rings. The average Bonchev–Trinajstić information content (AvgIpc) is 2.62. The van der Waals surface area contributed by atoms with Gasteiger partial charge in [-0.3, -0.25) is 4.79 Å². The van der Waals surface area contributed by atoms with Crippen LogP contribution in [0.2, 0.25) is 0 Å². The van der Waals surface area contributed by atoms with Gasteiger partial charge >= 0.3 is 0 Å². The van der Waals surface area contributed by atoms with Crippen molar-refractivity contribution < 1.29 is 9.53 Å². The van der Waals surface area contributed by atoms with Gasteiger partial charge in [0.15, 0.2) is 0 Å². The van der Waals surface area contributed by atoms with E-state index >= 15 is 0 Å². The third-order valence-electron chi connectivity index (χ3n) is 3.36. The molecule has 0 spiro atoms. The highest BCUT2D eigenvalue weighted by Crippen LogP contribution is 2.29. The number of ether oxygens (including phenoxy) is 1. The molecule has 4 nitrogen and oxygen atoms in total. The Morgan fingerprint density at radius 2 is 2.00 bits per heavy atom. The van der Waals surface area contributed by atoms with Crippen molar-refractivity contribution in [1.82, 2.24) is 5.32 Å². The third kappa shape index (κ3) is 5.04. The smallest absolute Gasteiger partial charge is 0.221 e. The minimum Gasteiger partial charge on any atom is -0.374 e. The van der Waals surface area contributed by atoms with Crippen molar-refractivity contribution in [2.24, 2.45) is 5.73 Å². The van der Waals surface area contributed by atoms with Crippen molar-refractivity contribution in [2.75, 3.05) is 13.2 Å². The molecule has 1 fully saturated rings. The summed E-state index contributed by atoms with van der Waals surface area (Å²) >= 11 is 0. The summed E-state index contributed by atoms with van der Waals surface area (Å²) in [4.78, 5) is 11.8. The number of hydrogen-bond donors (Lipinski definition) is 2. The van der Waals surface area contributed by atoms with Crippen LogP contribution in [0, 0.1) is 0 Å². The van der Waals surface area contributed by atoms with Crippen LogP contribution in [0.1, 0.15) is 52.9 Å². The largest absolute Gasteiger partial charge is 0.374 e. The summed E-state index contributed by atoms with van der Waals surface area (Å²) in [5, 5.41) is 2.92. The van der Waals surface area contributed by atoms with Crippen LogP contribution in [0.4, 0.5) is 0 Å². The lowest BCUT2D eigenvalue weighted by Gasteiger charge is -2.27. The fraction of sp³-hybridized carbons (Fsp3) is 0.923. The van der Waals surface area contributed by atoms with Crippen molar-refractivity contribution >= 4 is 5.91 Å². The molecule has 3 N–H and O–H groups in total. The fourth-order valence-corrected chi connectivity index (χ4v) is 2.39. The lowest BCUT2D eigenvalue weighted by atomic mass is 9.94. The summed E-state index contributed by atoms with van der Waals surface area (Å²) in [6.45, 7) is 7.10. The summed E-state index contributed by atoms with van der Waals surface area (Å²) in [6, 6.07) is 0. The van der Waals surface area contributed by atoms with Gasteiger partial charge < -0.3 is 15.8 Å². The monoisotopic (exact) mass is 242 g/mol. The molecule has 1 rings (SSSR count). The van der Waals surface area contributed by atoms with Crippen molar-refractivity contribution in [1.29, 1.82) is 0 Å². The normalized spacial score (nSPS) is 19.3. The SMILES string of the molecule is CCOC(C)(C)CNC(=O)CC1(N)CCCC1. The van der Waals surface area contributed by atoms with Crippen LogP contribution in [0.3, 0.4) is 0 Å². The van der Waals surface area contributed by atoms with Gasteiger partial charge in [-0.25, -0.2) is 0 Å². The maximum absolute atomic E-state index is 11.8. The first-order chi connectivity index (χ1) is 7.87. The van der Waals surface area contributed by atoms with E-state index in [2.05, 4.69) is 5.32 Å². The Hall–Kier alpha value is -0.610. The second-order valence-corrected chi connectivity index (χ2v) is 5.72. The molecule has 0 saturated heterocycles. The Balaban J connectivity index is 2.30. The van der Waals surface area contributed by atoms with E-state index in [1.54, 1.807) is 0 Å². The Morgan fingerprint density at radius 1 is 1.41 bits per heavy atom. The molecule has 0 radical (unpaired) electrons. The Bertz CT molecular complexity index is 258. The van der Waals surface area contributed by atoms with Gasteiger partial charge in [0.25, 0.3) is 0 Å². The number of nitrogens with one attached hydrogen (secondary N) is 1. The zero-order chi connectivity index (χ0) is 12.9. The van der Waals surface area contributed by atoms with Crippen LogP contribution in [0.5, 0.6) is 0 Å². The van der Waals surface area contributed by atoms with E-state index in [0.717, 1.165) is 25.7 Å². The molecule has 0 aromatic rings. The van der Waals surface area contributed by atoms with E-state index in [0.29, 0.717) is 19.6 Å². The van der Waals surface area contributed by atoms with Crippen LogP contribution < -0.4 is 11.1 Å². The van der Waals surface area contributed by atoms with E-state index < -0.39 is 0 Å². The molecule has 17 heavy (non-hydrogen) atoms. The maximum Gasteiger partial charge on any atom is 0.221 e. The van der Waals surface area contributed by atoms with Crippen LogP contribution in [-0.2, 0) is 9.53 Å². The predicted molar refractivity (Wildman–Crippen MR) is 68.7 cm³/mol. The molecular formula is C13H26N2O2. The molecule has 0 aromatic heterocycles. The molecule has 0 aromatic carbocycles. The van der Waals surface area contributed by atoms with Crippen LogP contribution in [0.15, 0.2) is 0 Å². The van der Waals surface area contributed by atoms with Gasteiger partial charge in [-0.15, -0.1) is 0 Å². The number of rotatable bonds is 6. The molecule has 1 aliphatic carbocycles. The van der Waals surface area contributed by atoms with Gasteiger partial charge in [0.2, 0.25) is 5.91 Å². The molecule has 0 heterocycles. The number of amides is 1. The summed E-state index contributed by atoms with van der Waals surface area (Å²) in [5.74, 6) is 0.0437. The number of carbonyl (C=O) groups excluding carboxylic acids is 1. The first kappa shape index (κ1) is 14.5. The predicted octanol–water partition coefficient (Wildman–Crippen LogP) is 1.58. The van der Waals surface area contributed by atoms with Gasteiger partial charge in [0, 0.05) is 25.1 Å². The van der Waals surface area contributed by atoms with E-state index in [1.165, 1.54) is 0 Å². The Kier molecular flexibility index (Phi) is 4.95. The van der Waals surface area contributed by atoms with E-state index in [-0.39, 0.29) is 17.0 Å². The third-order valence-corrected chi connectivity index (χ3v) is 3.36. The van der Waals surface area contributed by atoms with Crippen LogP contribution in [0.25, 0.3) is 0 Å². The van der Waals surface area contributed by atoms with Crippen molar-refractivity contribution in [2.45, 2.75) is 64.0 Å². The van der Waals surface area contributed by atoms with Gasteiger partial charge in [0.1, 0.15) is 0 Å². The lowest BCUT2D eigenvalue weighted by molar-refractivity contribution is -0.123. The average molecular weight is 242 g/mol. The number of carbonyl (C=O) groups is 1. The standard InChI is InChI=1S/C13H26N2O2/c1-4-17-12(2,3)10-15-11(16)9-13(14)7-5-6-8-13/h4-10,14H2,1-3H3,(H,15,16). The van der Waals surface area contributed by atoms with Crippen molar-refractivity contribution in [3.8, 4) is 0 Å². The molecule has 0 atom stereocenters. The van der Waals surface area contributed by atoms with Gasteiger partial charge in [-0.05, 0) is 33.6 Å². The Morgan fingerprint density at radius 3 is 2.53 bits per heavy atom. The van der Waals surface area contributed by atoms with E-state index in [4.69, 9.17) is 10.5 Å². The molecular weight excluding hydrogens is 216 g/mol. The highest BCUT2D eigenvalue weighted by Gasteiger charge is 2.32. The molecule has 4 heteroatoms. The maximum atomic E-state index is 11.8. The molecule has 0 aliphatic heterocycles. The zero-order valence-electron chi connectivity index (χ0n) is 11.3. The van der Waals surface area contributed by atoms with E-state index in [1.807, 2.05) is 20.8 Å². The van der Waals surface area contributed by atoms with Gasteiger partial charge in [-0.1, -0.05) is 12.8 Å². The minimum absolute atomic E-state index is 0.0437. The fourth-order valence-electron chi connectivity index (χ4n) is 2.39. The minimum atomic E-state index is -0.304. The highest BCUT2D eigenvalue weighted by atomic mass is 16.5. The second-order valence-electron chi connectivity index (χ2n) is 5.72. The van der Waals surface area contributed by atoms with Crippen molar-refractivity contribution in [3.63, 3.8) is 0 Å². The molecule has 100 valence electrons. The first-order valence-corrected chi connectivity index (χ1v) is 6.56. The Labute approximate surface area is 104 Å². The van der Waals surface area contributed by atoms with Gasteiger partial charge in [0.05, 0.1) is 5.60 Å². The molecule has 0 unspecified atom stereocenters. The van der Waals surface area contributed by atoms with E-state index in [9.17, 15) is 4.79 Å². The molecule has 0 bridgehead atoms. The topological polar surface area (TPSA) is 64.3 Å². The number of nitrogens with two attached hydrogens (primary N) is 1. The highest BCUT2D eigenvalue weighted by molar-refractivity contribution is 5.77. The summed E-state index contributed by atoms with van der Waals surface area (Å²) in [6.07, 6.45) is 4.67.